The number of nitrogens with one attached hydrogen (secondary N) is 2. The summed E-state index contributed by atoms with van der Waals surface area (Å²) in [5.74, 6) is 0. The van der Waals surface area contributed by atoms with E-state index in [9.17, 15) is 0 Å². The van der Waals surface area contributed by atoms with Crippen molar-refractivity contribution in [1.29, 1.82) is 0 Å². The predicted octanol–water partition coefficient (Wildman–Crippen LogP) is 0.852. The van der Waals surface area contributed by atoms with E-state index in [0.29, 0.717) is 0 Å². The Morgan fingerprint density at radius 1 is 1.29 bits per heavy atom. The summed E-state index contributed by atoms with van der Waals surface area (Å²) in [6, 6.07) is 4.23. The van der Waals surface area contributed by atoms with Gasteiger partial charge in [0, 0.05) is 38.1 Å². The van der Waals surface area contributed by atoms with Crippen molar-refractivity contribution in [2.24, 2.45) is 0 Å². The van der Waals surface area contributed by atoms with Crippen molar-refractivity contribution < 1.29 is 0 Å². The third kappa shape index (κ3) is 2.86. The predicted molar refractivity (Wildman–Crippen MR) is 58.4 cm³/mol. The fraction of sp³-hybridized carbons (Fsp3) is 0.636. The van der Waals surface area contributed by atoms with Crippen LogP contribution in [-0.2, 0) is 6.42 Å². The Labute approximate surface area is 85.5 Å². The van der Waals surface area contributed by atoms with E-state index in [1.54, 1.807) is 0 Å². The molecule has 0 bridgehead atoms. The van der Waals surface area contributed by atoms with E-state index in [-0.39, 0.29) is 0 Å². The lowest BCUT2D eigenvalue weighted by atomic mass is 10.2. The number of H-pyrrole nitrogens is 1. The lowest BCUT2D eigenvalue weighted by Gasteiger charge is -2.26. The fourth-order valence-electron chi connectivity index (χ4n) is 1.95. The van der Waals surface area contributed by atoms with Crippen LogP contribution in [0, 0.1) is 0 Å². The zero-order chi connectivity index (χ0) is 9.64. The molecule has 1 aliphatic rings. The number of aryl methyl sites for hydroxylation is 1. The maximum Gasteiger partial charge on any atom is 0.0147 e. The molecule has 78 valence electrons. The molecule has 2 heterocycles. The molecule has 2 N–H and O–H groups in total. The third-order valence-corrected chi connectivity index (χ3v) is 2.79. The van der Waals surface area contributed by atoms with E-state index < -0.39 is 0 Å². The summed E-state index contributed by atoms with van der Waals surface area (Å²) in [4.78, 5) is 5.79. The van der Waals surface area contributed by atoms with Crippen LogP contribution in [0.4, 0.5) is 0 Å². The number of aromatic amines is 1. The monoisotopic (exact) mass is 193 g/mol. The van der Waals surface area contributed by atoms with Gasteiger partial charge < -0.3 is 15.2 Å². The summed E-state index contributed by atoms with van der Waals surface area (Å²) in [7, 11) is 0. The van der Waals surface area contributed by atoms with Gasteiger partial charge in [0.2, 0.25) is 0 Å². The largest absolute Gasteiger partial charge is 0.365 e. The molecule has 14 heavy (non-hydrogen) atoms. The topological polar surface area (TPSA) is 31.1 Å². The van der Waals surface area contributed by atoms with E-state index in [4.69, 9.17) is 0 Å². The van der Waals surface area contributed by atoms with E-state index in [0.717, 1.165) is 13.1 Å². The molecule has 0 atom stereocenters. The van der Waals surface area contributed by atoms with Crippen molar-refractivity contribution in [3.05, 3.63) is 24.0 Å². The molecular weight excluding hydrogens is 174 g/mol. The van der Waals surface area contributed by atoms with Gasteiger partial charge in [0.1, 0.15) is 0 Å². The Morgan fingerprint density at radius 2 is 2.14 bits per heavy atom. The van der Waals surface area contributed by atoms with Gasteiger partial charge in [0.25, 0.3) is 0 Å². The maximum absolute atomic E-state index is 3.37. The summed E-state index contributed by atoms with van der Waals surface area (Å²) in [6.07, 6.45) is 4.44. The van der Waals surface area contributed by atoms with Gasteiger partial charge in [-0.15, -0.1) is 0 Å². The van der Waals surface area contributed by atoms with Gasteiger partial charge in [-0.1, -0.05) is 0 Å². The fourth-order valence-corrected chi connectivity index (χ4v) is 1.95. The average molecular weight is 193 g/mol. The molecular formula is C11H19N3. The Balaban J connectivity index is 1.62. The van der Waals surface area contributed by atoms with Crippen LogP contribution in [0.3, 0.4) is 0 Å². The van der Waals surface area contributed by atoms with Gasteiger partial charge in [-0.2, -0.15) is 0 Å². The van der Waals surface area contributed by atoms with Crippen molar-refractivity contribution in [2.45, 2.75) is 12.8 Å². The molecule has 1 saturated heterocycles. The highest BCUT2D eigenvalue weighted by atomic mass is 15.2. The first kappa shape index (κ1) is 9.74. The van der Waals surface area contributed by atoms with Crippen molar-refractivity contribution in [2.75, 3.05) is 32.7 Å². The molecule has 1 aromatic heterocycles. The highest BCUT2D eigenvalue weighted by molar-refractivity contribution is 5.03. The van der Waals surface area contributed by atoms with Crippen molar-refractivity contribution in [3.8, 4) is 0 Å². The molecule has 1 aliphatic heterocycles. The molecule has 3 nitrogen and oxygen atoms in total. The number of hydrogen-bond donors (Lipinski definition) is 2. The quantitative estimate of drug-likeness (QED) is 0.743. The minimum Gasteiger partial charge on any atom is -0.365 e. The van der Waals surface area contributed by atoms with Crippen LogP contribution in [0.1, 0.15) is 12.1 Å². The van der Waals surface area contributed by atoms with E-state index in [2.05, 4.69) is 27.3 Å². The van der Waals surface area contributed by atoms with Gasteiger partial charge in [-0.05, 0) is 31.5 Å². The summed E-state index contributed by atoms with van der Waals surface area (Å²) >= 11 is 0. The van der Waals surface area contributed by atoms with Gasteiger partial charge in [-0.25, -0.2) is 0 Å². The number of rotatable bonds is 4. The van der Waals surface area contributed by atoms with Crippen LogP contribution >= 0.6 is 0 Å². The second-order valence-electron chi connectivity index (χ2n) is 3.89. The minimum atomic E-state index is 1.16. The molecule has 0 radical (unpaired) electrons. The summed E-state index contributed by atoms with van der Waals surface area (Å²) in [5, 5.41) is 3.37. The van der Waals surface area contributed by atoms with Crippen LogP contribution < -0.4 is 5.32 Å². The zero-order valence-corrected chi connectivity index (χ0v) is 8.63. The molecule has 1 fully saturated rings. The molecule has 0 spiro atoms. The number of piperazine rings is 1. The minimum absolute atomic E-state index is 1.16. The Kier molecular flexibility index (Phi) is 3.60. The summed E-state index contributed by atoms with van der Waals surface area (Å²) in [6.45, 7) is 5.97. The highest BCUT2D eigenvalue weighted by Gasteiger charge is 2.08. The van der Waals surface area contributed by atoms with Gasteiger partial charge >= 0.3 is 0 Å². The summed E-state index contributed by atoms with van der Waals surface area (Å²) in [5.41, 5.74) is 1.36. The molecule has 3 heteroatoms. The summed E-state index contributed by atoms with van der Waals surface area (Å²) < 4.78 is 0. The van der Waals surface area contributed by atoms with Crippen LogP contribution in [0.2, 0.25) is 0 Å². The van der Waals surface area contributed by atoms with Crippen molar-refractivity contribution in [3.63, 3.8) is 0 Å². The highest BCUT2D eigenvalue weighted by Crippen LogP contribution is 2.01. The molecule has 0 unspecified atom stereocenters. The Hall–Kier alpha value is -0.800. The first-order valence-electron chi connectivity index (χ1n) is 5.50. The zero-order valence-electron chi connectivity index (χ0n) is 8.63. The van der Waals surface area contributed by atoms with Crippen LogP contribution in [-0.4, -0.2) is 42.6 Å². The lowest BCUT2D eigenvalue weighted by molar-refractivity contribution is 0.238. The standard InChI is InChI=1S/C11H19N3/c1-3-11(13-5-1)4-2-8-14-9-6-12-7-10-14/h1,3,5,12-13H,2,4,6-10H2. The first-order chi connectivity index (χ1) is 6.95. The molecule has 1 aromatic rings. The van der Waals surface area contributed by atoms with E-state index in [1.807, 2.05) is 6.20 Å². The van der Waals surface area contributed by atoms with Crippen LogP contribution in [0.15, 0.2) is 18.3 Å². The van der Waals surface area contributed by atoms with E-state index >= 15 is 0 Å². The number of hydrogen-bond acceptors (Lipinski definition) is 2. The molecule has 2 rings (SSSR count). The van der Waals surface area contributed by atoms with Gasteiger partial charge in [-0.3, -0.25) is 0 Å². The number of aromatic nitrogens is 1. The first-order valence-corrected chi connectivity index (χ1v) is 5.50. The van der Waals surface area contributed by atoms with Gasteiger partial charge in [0.15, 0.2) is 0 Å². The maximum atomic E-state index is 3.37. The molecule has 0 saturated carbocycles. The Morgan fingerprint density at radius 3 is 2.86 bits per heavy atom. The van der Waals surface area contributed by atoms with E-state index in [1.165, 1.54) is 38.2 Å². The second-order valence-corrected chi connectivity index (χ2v) is 3.89. The molecule has 0 amide bonds. The lowest BCUT2D eigenvalue weighted by Crippen LogP contribution is -2.43. The second kappa shape index (κ2) is 5.17. The van der Waals surface area contributed by atoms with Gasteiger partial charge in [0.05, 0.1) is 0 Å². The van der Waals surface area contributed by atoms with Crippen LogP contribution in [0.5, 0.6) is 0 Å². The van der Waals surface area contributed by atoms with Crippen molar-refractivity contribution in [1.82, 2.24) is 15.2 Å². The normalized spacial score (nSPS) is 18.6. The number of nitrogens with zero attached hydrogens (tertiary/aromatic N) is 1. The average Bonchev–Trinajstić information content (AvgIpc) is 2.72. The third-order valence-electron chi connectivity index (χ3n) is 2.79. The SMILES string of the molecule is c1c[nH]c(CCCN2CCNCC2)c1. The van der Waals surface area contributed by atoms with Crippen molar-refractivity contribution >= 4 is 0 Å². The smallest absolute Gasteiger partial charge is 0.0147 e. The molecule has 0 aromatic carbocycles. The van der Waals surface area contributed by atoms with Crippen LogP contribution in [0.25, 0.3) is 0 Å². The Bertz CT molecular complexity index is 237. The molecule has 0 aliphatic carbocycles.